The van der Waals surface area contributed by atoms with E-state index in [0.717, 1.165) is 31.2 Å². The van der Waals surface area contributed by atoms with Gasteiger partial charge in [0.2, 0.25) is 21.8 Å². The summed E-state index contributed by atoms with van der Waals surface area (Å²) >= 11 is 0. The summed E-state index contributed by atoms with van der Waals surface area (Å²) in [6, 6.07) is 15.3. The Hall–Kier alpha value is -2.91. The van der Waals surface area contributed by atoms with Crippen LogP contribution in [-0.2, 0) is 26.2 Å². The van der Waals surface area contributed by atoms with Crippen molar-refractivity contribution in [1.29, 1.82) is 0 Å². The molecule has 3 rings (SSSR count). The molecule has 2 aromatic carbocycles. The lowest BCUT2D eigenvalue weighted by molar-refractivity contribution is -0.141. The molecule has 2 aromatic rings. The van der Waals surface area contributed by atoms with Crippen LogP contribution >= 0.6 is 0 Å². The highest BCUT2D eigenvalue weighted by Gasteiger charge is 2.30. The Labute approximate surface area is 227 Å². The summed E-state index contributed by atoms with van der Waals surface area (Å²) in [6.45, 7) is 2.38. The summed E-state index contributed by atoms with van der Waals surface area (Å²) in [4.78, 5) is 28.8. The first-order chi connectivity index (χ1) is 18.3. The summed E-state index contributed by atoms with van der Waals surface area (Å²) in [5.74, 6) is 0.380. The molecule has 1 aliphatic carbocycles. The van der Waals surface area contributed by atoms with Gasteiger partial charge < -0.3 is 15.0 Å². The van der Waals surface area contributed by atoms with Crippen LogP contribution < -0.4 is 10.1 Å². The van der Waals surface area contributed by atoms with E-state index in [1.54, 1.807) is 42.3 Å². The lowest BCUT2D eigenvalue weighted by atomic mass is 9.95. The van der Waals surface area contributed by atoms with Gasteiger partial charge in [-0.2, -0.15) is 0 Å². The third-order valence-electron chi connectivity index (χ3n) is 7.14. The van der Waals surface area contributed by atoms with Crippen LogP contribution in [0.25, 0.3) is 0 Å². The number of nitrogens with one attached hydrogen (secondary N) is 1. The fourth-order valence-corrected chi connectivity index (χ4v) is 6.15. The largest absolute Gasteiger partial charge is 0.497 e. The monoisotopic (exact) mass is 543 g/mol. The van der Waals surface area contributed by atoms with E-state index in [2.05, 4.69) is 5.32 Å². The van der Waals surface area contributed by atoms with Gasteiger partial charge in [0, 0.05) is 32.6 Å². The zero-order valence-corrected chi connectivity index (χ0v) is 23.6. The van der Waals surface area contributed by atoms with Gasteiger partial charge in [0.05, 0.1) is 12.0 Å². The van der Waals surface area contributed by atoms with Crippen LogP contribution in [0.2, 0.25) is 0 Å². The average molecular weight is 544 g/mol. The molecule has 1 atom stereocenters. The fourth-order valence-electron chi connectivity index (χ4n) is 4.92. The summed E-state index contributed by atoms with van der Waals surface area (Å²) in [5, 5.41) is 3.18. The minimum Gasteiger partial charge on any atom is -0.497 e. The van der Waals surface area contributed by atoms with Crippen molar-refractivity contribution in [3.8, 4) is 5.75 Å². The zero-order chi connectivity index (χ0) is 27.5. The number of rotatable bonds is 13. The van der Waals surface area contributed by atoms with Crippen LogP contribution in [0.5, 0.6) is 5.75 Å². The molecule has 0 aliphatic heterocycles. The Bertz CT molecular complexity index is 1150. The van der Waals surface area contributed by atoms with Gasteiger partial charge >= 0.3 is 0 Å². The summed E-state index contributed by atoms with van der Waals surface area (Å²) in [7, 11) is -0.521. The molecule has 9 heteroatoms. The van der Waals surface area contributed by atoms with Crippen molar-refractivity contribution in [1.82, 2.24) is 14.5 Å². The molecule has 0 saturated heterocycles. The second kappa shape index (κ2) is 14.3. The minimum atomic E-state index is -3.63. The lowest BCUT2D eigenvalue weighted by Crippen LogP contribution is -2.51. The number of nitrogens with zero attached hydrogens (tertiary/aromatic N) is 2. The third-order valence-corrected chi connectivity index (χ3v) is 9.01. The molecule has 208 valence electrons. The molecule has 1 fully saturated rings. The van der Waals surface area contributed by atoms with Crippen molar-refractivity contribution >= 4 is 21.8 Å². The molecule has 8 nitrogen and oxygen atoms in total. The van der Waals surface area contributed by atoms with Crippen LogP contribution in [0, 0.1) is 0 Å². The minimum absolute atomic E-state index is 0.126. The van der Waals surface area contributed by atoms with E-state index in [9.17, 15) is 18.0 Å². The topological polar surface area (TPSA) is 96.0 Å². The third kappa shape index (κ3) is 8.04. The zero-order valence-electron chi connectivity index (χ0n) is 22.8. The van der Waals surface area contributed by atoms with Gasteiger partial charge in [-0.05, 0) is 55.5 Å². The molecule has 2 amide bonds. The van der Waals surface area contributed by atoms with Gasteiger partial charge in [0.15, 0.2) is 0 Å². The molecule has 1 aliphatic rings. The second-order valence-corrected chi connectivity index (χ2v) is 11.9. The maximum atomic E-state index is 13.5. The molecule has 1 saturated carbocycles. The van der Waals surface area contributed by atoms with Crippen LogP contribution in [-0.4, -0.2) is 62.2 Å². The molecular formula is C29H41N3O5S. The number of benzene rings is 2. The van der Waals surface area contributed by atoms with Crippen molar-refractivity contribution in [2.45, 2.75) is 81.8 Å². The van der Waals surface area contributed by atoms with Crippen LogP contribution in [0.4, 0.5) is 0 Å². The quantitative estimate of drug-likeness (QED) is 0.405. The van der Waals surface area contributed by atoms with Gasteiger partial charge in [-0.25, -0.2) is 12.7 Å². The lowest BCUT2D eigenvalue weighted by Gasteiger charge is -2.33. The normalized spacial score (nSPS) is 15.2. The number of ether oxygens (including phenoxy) is 1. The van der Waals surface area contributed by atoms with Crippen molar-refractivity contribution in [3.63, 3.8) is 0 Å². The number of methoxy groups -OCH3 is 1. The molecule has 1 N–H and O–H groups in total. The Kier molecular flexibility index (Phi) is 11.2. The predicted octanol–water partition coefficient (Wildman–Crippen LogP) is 4.35. The maximum absolute atomic E-state index is 13.5. The number of hydrogen-bond donors (Lipinski definition) is 1. The summed E-state index contributed by atoms with van der Waals surface area (Å²) < 4.78 is 32.3. The highest BCUT2D eigenvalue weighted by molar-refractivity contribution is 7.89. The first kappa shape index (κ1) is 29.6. The number of carbonyl (C=O) groups is 2. The molecule has 0 spiro atoms. The van der Waals surface area contributed by atoms with Gasteiger partial charge in [0.1, 0.15) is 11.8 Å². The molecule has 0 aromatic heterocycles. The van der Waals surface area contributed by atoms with Gasteiger partial charge in [-0.15, -0.1) is 0 Å². The molecule has 38 heavy (non-hydrogen) atoms. The molecule has 0 heterocycles. The first-order valence-electron chi connectivity index (χ1n) is 13.5. The number of amides is 2. The van der Waals surface area contributed by atoms with E-state index in [1.807, 2.05) is 31.2 Å². The van der Waals surface area contributed by atoms with Crippen molar-refractivity contribution in [2.75, 3.05) is 20.7 Å². The molecule has 0 bridgehead atoms. The Morgan fingerprint density at radius 2 is 1.76 bits per heavy atom. The highest BCUT2D eigenvalue weighted by atomic mass is 32.2. The number of hydrogen-bond acceptors (Lipinski definition) is 5. The van der Waals surface area contributed by atoms with Crippen molar-refractivity contribution in [3.05, 3.63) is 60.2 Å². The fraction of sp³-hybridized carbons (Fsp3) is 0.517. The SMILES string of the molecule is CC[C@@H](C(=O)NC1CCCCC1)N(Cc1cccc(OC)c1)C(=O)CCCN(C)S(=O)(=O)c1ccccc1. The molecular weight excluding hydrogens is 502 g/mol. The Morgan fingerprint density at radius 1 is 1.05 bits per heavy atom. The Morgan fingerprint density at radius 3 is 2.42 bits per heavy atom. The first-order valence-corrected chi connectivity index (χ1v) is 14.9. The Balaban J connectivity index is 1.71. The number of sulfonamides is 1. The van der Waals surface area contributed by atoms with Gasteiger partial charge in [-0.1, -0.05) is 56.5 Å². The summed E-state index contributed by atoms with van der Waals surface area (Å²) in [5.41, 5.74) is 0.866. The van der Waals surface area contributed by atoms with Crippen LogP contribution in [0.15, 0.2) is 59.5 Å². The number of carbonyl (C=O) groups excluding carboxylic acids is 2. The summed E-state index contributed by atoms with van der Waals surface area (Å²) in [6.07, 6.45) is 6.29. The van der Waals surface area contributed by atoms with E-state index in [-0.39, 0.29) is 42.3 Å². The standard InChI is InChI=1S/C29H41N3O5S/c1-4-27(29(34)30-24-14-7-5-8-15-24)32(22-23-13-11-16-25(21-23)37-3)28(33)19-12-20-31(2)38(35,36)26-17-9-6-10-18-26/h6,9-11,13,16-18,21,24,27H,4-5,7-8,12,14-15,19-20,22H2,1-3H3,(H,30,34)/t27-/m0/s1. The van der Waals surface area contributed by atoms with Crippen molar-refractivity contribution < 1.29 is 22.7 Å². The van der Waals surface area contributed by atoms with E-state index < -0.39 is 16.1 Å². The van der Waals surface area contributed by atoms with Gasteiger partial charge in [-0.3, -0.25) is 9.59 Å². The highest BCUT2D eigenvalue weighted by Crippen LogP contribution is 2.21. The van der Waals surface area contributed by atoms with Crippen LogP contribution in [0.1, 0.15) is 63.9 Å². The van der Waals surface area contributed by atoms with E-state index in [0.29, 0.717) is 18.6 Å². The molecule has 0 unspecified atom stereocenters. The van der Waals surface area contributed by atoms with Crippen molar-refractivity contribution in [2.24, 2.45) is 0 Å². The van der Waals surface area contributed by atoms with E-state index >= 15 is 0 Å². The van der Waals surface area contributed by atoms with Gasteiger partial charge in [0.25, 0.3) is 0 Å². The van der Waals surface area contributed by atoms with E-state index in [1.165, 1.54) is 17.8 Å². The molecule has 0 radical (unpaired) electrons. The maximum Gasteiger partial charge on any atom is 0.243 e. The average Bonchev–Trinajstić information content (AvgIpc) is 2.93. The predicted molar refractivity (Wildman–Crippen MR) is 148 cm³/mol. The van der Waals surface area contributed by atoms with E-state index in [4.69, 9.17) is 4.74 Å². The second-order valence-electron chi connectivity index (χ2n) is 9.88. The van der Waals surface area contributed by atoms with Crippen LogP contribution in [0.3, 0.4) is 0 Å². The smallest absolute Gasteiger partial charge is 0.243 e.